The standard InChI is InChI=1S/C17H31N/c1-4-12(2)5-16(18-3)17-9-13-6-14(10-17)8-15(7-13)11-17/h12-16,18H,4-11H2,1-3H3. The van der Waals surface area contributed by atoms with Crippen LogP contribution in [0.3, 0.4) is 0 Å². The van der Waals surface area contributed by atoms with E-state index in [9.17, 15) is 0 Å². The zero-order valence-corrected chi connectivity index (χ0v) is 12.5. The van der Waals surface area contributed by atoms with Crippen molar-refractivity contribution in [2.45, 2.75) is 71.3 Å². The van der Waals surface area contributed by atoms with Crippen LogP contribution in [0.4, 0.5) is 0 Å². The Balaban J connectivity index is 1.76. The van der Waals surface area contributed by atoms with Crippen LogP contribution in [0, 0.1) is 29.1 Å². The second-order valence-electron chi connectivity index (χ2n) is 7.87. The molecule has 1 nitrogen and oxygen atoms in total. The van der Waals surface area contributed by atoms with Gasteiger partial charge in [0.15, 0.2) is 0 Å². The third-order valence-corrected chi connectivity index (χ3v) is 6.51. The summed E-state index contributed by atoms with van der Waals surface area (Å²) in [4.78, 5) is 0. The molecule has 4 bridgehead atoms. The lowest BCUT2D eigenvalue weighted by Gasteiger charge is -2.59. The van der Waals surface area contributed by atoms with Crippen LogP contribution in [-0.4, -0.2) is 13.1 Å². The molecule has 0 saturated heterocycles. The molecule has 4 aliphatic rings. The first-order valence-corrected chi connectivity index (χ1v) is 8.32. The predicted octanol–water partition coefficient (Wildman–Crippen LogP) is 4.23. The van der Waals surface area contributed by atoms with Gasteiger partial charge in [-0.2, -0.15) is 0 Å². The van der Waals surface area contributed by atoms with Gasteiger partial charge in [0.1, 0.15) is 0 Å². The SMILES string of the molecule is CCC(C)CC(NC)C12CC3CC(CC(C3)C1)C2. The van der Waals surface area contributed by atoms with Crippen molar-refractivity contribution < 1.29 is 0 Å². The fraction of sp³-hybridized carbons (Fsp3) is 1.00. The first-order chi connectivity index (χ1) is 8.65. The Kier molecular flexibility index (Phi) is 3.47. The highest BCUT2D eigenvalue weighted by Crippen LogP contribution is 2.61. The van der Waals surface area contributed by atoms with E-state index in [4.69, 9.17) is 0 Å². The van der Waals surface area contributed by atoms with Crippen molar-refractivity contribution in [3.63, 3.8) is 0 Å². The van der Waals surface area contributed by atoms with Gasteiger partial charge in [-0.3, -0.25) is 0 Å². The molecule has 2 unspecified atom stereocenters. The van der Waals surface area contributed by atoms with E-state index in [1.54, 1.807) is 38.5 Å². The van der Waals surface area contributed by atoms with Gasteiger partial charge in [-0.1, -0.05) is 20.3 Å². The van der Waals surface area contributed by atoms with Gasteiger partial charge in [-0.25, -0.2) is 0 Å². The highest BCUT2D eigenvalue weighted by molar-refractivity contribution is 5.06. The molecule has 0 aromatic heterocycles. The van der Waals surface area contributed by atoms with Gasteiger partial charge in [0, 0.05) is 6.04 Å². The molecular weight excluding hydrogens is 218 g/mol. The number of hydrogen-bond donors (Lipinski definition) is 1. The Morgan fingerprint density at radius 3 is 1.94 bits per heavy atom. The summed E-state index contributed by atoms with van der Waals surface area (Å²) >= 11 is 0. The van der Waals surface area contributed by atoms with Crippen LogP contribution in [0.15, 0.2) is 0 Å². The van der Waals surface area contributed by atoms with Crippen molar-refractivity contribution in [3.05, 3.63) is 0 Å². The molecule has 0 radical (unpaired) electrons. The summed E-state index contributed by atoms with van der Waals surface area (Å²) in [5.41, 5.74) is 0.687. The predicted molar refractivity (Wildman–Crippen MR) is 77.5 cm³/mol. The topological polar surface area (TPSA) is 12.0 Å². The molecule has 0 aromatic rings. The van der Waals surface area contributed by atoms with Gasteiger partial charge < -0.3 is 5.32 Å². The molecule has 4 fully saturated rings. The minimum Gasteiger partial charge on any atom is -0.316 e. The van der Waals surface area contributed by atoms with Crippen molar-refractivity contribution in [1.82, 2.24) is 5.32 Å². The second kappa shape index (κ2) is 4.81. The van der Waals surface area contributed by atoms with Crippen molar-refractivity contribution in [1.29, 1.82) is 0 Å². The van der Waals surface area contributed by atoms with Crippen LogP contribution in [0.2, 0.25) is 0 Å². The van der Waals surface area contributed by atoms with Gasteiger partial charge in [-0.05, 0) is 81.1 Å². The summed E-state index contributed by atoms with van der Waals surface area (Å²) in [6.07, 6.45) is 12.1. The molecule has 0 heterocycles. The quantitative estimate of drug-likeness (QED) is 0.769. The largest absolute Gasteiger partial charge is 0.316 e. The van der Waals surface area contributed by atoms with Crippen molar-refractivity contribution in [2.24, 2.45) is 29.1 Å². The average molecular weight is 249 g/mol. The third-order valence-electron chi connectivity index (χ3n) is 6.51. The normalized spacial score (nSPS) is 45.2. The highest BCUT2D eigenvalue weighted by atomic mass is 14.9. The molecule has 1 heteroatoms. The molecule has 18 heavy (non-hydrogen) atoms. The molecule has 4 aliphatic carbocycles. The average Bonchev–Trinajstić information content (AvgIpc) is 2.33. The molecule has 104 valence electrons. The fourth-order valence-corrected chi connectivity index (χ4v) is 5.85. The maximum Gasteiger partial charge on any atom is 0.0123 e. The Hall–Kier alpha value is -0.0400. The molecule has 4 rings (SSSR count). The highest BCUT2D eigenvalue weighted by Gasteiger charge is 2.53. The fourth-order valence-electron chi connectivity index (χ4n) is 5.85. The lowest BCUT2D eigenvalue weighted by atomic mass is 9.47. The maximum absolute atomic E-state index is 3.72. The zero-order valence-electron chi connectivity index (χ0n) is 12.5. The summed E-state index contributed by atoms with van der Waals surface area (Å²) in [7, 11) is 2.21. The van der Waals surface area contributed by atoms with Crippen molar-refractivity contribution in [3.8, 4) is 0 Å². The van der Waals surface area contributed by atoms with Gasteiger partial charge >= 0.3 is 0 Å². The lowest BCUT2D eigenvalue weighted by molar-refractivity contribution is -0.0761. The summed E-state index contributed by atoms with van der Waals surface area (Å²) in [5.74, 6) is 4.15. The van der Waals surface area contributed by atoms with Crippen LogP contribution in [0.25, 0.3) is 0 Å². The minimum absolute atomic E-state index is 0.687. The van der Waals surface area contributed by atoms with Gasteiger partial charge in [0.25, 0.3) is 0 Å². The van der Waals surface area contributed by atoms with E-state index in [0.29, 0.717) is 5.41 Å². The van der Waals surface area contributed by atoms with Crippen LogP contribution < -0.4 is 5.32 Å². The van der Waals surface area contributed by atoms with E-state index >= 15 is 0 Å². The number of nitrogens with one attached hydrogen (secondary N) is 1. The van der Waals surface area contributed by atoms with Crippen LogP contribution >= 0.6 is 0 Å². The van der Waals surface area contributed by atoms with E-state index in [1.165, 1.54) is 12.8 Å². The molecule has 4 saturated carbocycles. The zero-order chi connectivity index (χ0) is 12.8. The van der Waals surface area contributed by atoms with Gasteiger partial charge in [-0.15, -0.1) is 0 Å². The summed E-state index contributed by atoms with van der Waals surface area (Å²) in [6.45, 7) is 4.78. The molecule has 0 aliphatic heterocycles. The van der Waals surface area contributed by atoms with Crippen molar-refractivity contribution >= 4 is 0 Å². The van der Waals surface area contributed by atoms with E-state index in [-0.39, 0.29) is 0 Å². The Morgan fingerprint density at radius 2 is 1.56 bits per heavy atom. The maximum atomic E-state index is 3.72. The van der Waals surface area contributed by atoms with Crippen molar-refractivity contribution in [2.75, 3.05) is 7.05 Å². The summed E-state index contributed by atoms with van der Waals surface area (Å²) in [6, 6.07) is 0.792. The monoisotopic (exact) mass is 249 g/mol. The number of rotatable bonds is 5. The van der Waals surface area contributed by atoms with E-state index < -0.39 is 0 Å². The Labute approximate surface area is 113 Å². The molecule has 2 atom stereocenters. The molecule has 0 spiro atoms. The van der Waals surface area contributed by atoms with Gasteiger partial charge in [0.2, 0.25) is 0 Å². The molecule has 0 aromatic carbocycles. The number of hydrogen-bond acceptors (Lipinski definition) is 1. The summed E-state index contributed by atoms with van der Waals surface area (Å²) < 4.78 is 0. The van der Waals surface area contributed by atoms with E-state index in [0.717, 1.165) is 29.7 Å². The lowest BCUT2D eigenvalue weighted by Crippen LogP contribution is -2.55. The van der Waals surface area contributed by atoms with Gasteiger partial charge in [0.05, 0.1) is 0 Å². The first kappa shape index (κ1) is 13.0. The van der Waals surface area contributed by atoms with Crippen LogP contribution in [0.1, 0.15) is 65.2 Å². The van der Waals surface area contributed by atoms with Crippen LogP contribution in [-0.2, 0) is 0 Å². The third kappa shape index (κ3) is 2.13. The molecular formula is C17H31N. The summed E-state index contributed by atoms with van der Waals surface area (Å²) in [5, 5.41) is 3.72. The Bertz CT molecular complexity index is 261. The minimum atomic E-state index is 0.687. The van der Waals surface area contributed by atoms with E-state index in [2.05, 4.69) is 26.2 Å². The molecule has 1 N–H and O–H groups in total. The van der Waals surface area contributed by atoms with E-state index in [1.807, 2.05) is 0 Å². The molecule has 0 amide bonds. The Morgan fingerprint density at radius 1 is 1.06 bits per heavy atom. The first-order valence-electron chi connectivity index (χ1n) is 8.32. The second-order valence-corrected chi connectivity index (χ2v) is 7.87. The smallest absolute Gasteiger partial charge is 0.0123 e. The van der Waals surface area contributed by atoms with Crippen LogP contribution in [0.5, 0.6) is 0 Å².